The Kier molecular flexibility index (Phi) is 4.23. The van der Waals surface area contributed by atoms with Crippen LogP contribution in [0.2, 0.25) is 0 Å². The number of halogens is 1. The quantitative estimate of drug-likeness (QED) is 0.928. The van der Waals surface area contributed by atoms with Crippen molar-refractivity contribution in [3.05, 3.63) is 52.1 Å². The maximum Gasteiger partial charge on any atom is 0.128 e. The normalized spacial score (nSPS) is 12.7. The molecule has 1 aromatic heterocycles. The molecule has 1 heterocycles. The fraction of sp³-hybridized carbons (Fsp3) is 0.438. The van der Waals surface area contributed by atoms with Crippen molar-refractivity contribution in [1.82, 2.24) is 15.1 Å². The fourth-order valence-electron chi connectivity index (χ4n) is 2.77. The molecule has 0 aliphatic heterocycles. The van der Waals surface area contributed by atoms with Crippen LogP contribution in [0.4, 0.5) is 4.39 Å². The summed E-state index contributed by atoms with van der Waals surface area (Å²) in [7, 11) is 1.89. The van der Waals surface area contributed by atoms with Gasteiger partial charge in [-0.05, 0) is 44.5 Å². The van der Waals surface area contributed by atoms with Gasteiger partial charge in [0.1, 0.15) is 5.82 Å². The molecule has 4 heteroatoms. The van der Waals surface area contributed by atoms with E-state index in [4.69, 9.17) is 0 Å². The lowest BCUT2D eigenvalue weighted by Gasteiger charge is -2.21. The Morgan fingerprint density at radius 3 is 2.50 bits per heavy atom. The zero-order valence-electron chi connectivity index (χ0n) is 12.8. The van der Waals surface area contributed by atoms with Crippen molar-refractivity contribution < 1.29 is 4.39 Å². The minimum absolute atomic E-state index is 0.156. The highest BCUT2D eigenvalue weighted by Crippen LogP contribution is 2.29. The summed E-state index contributed by atoms with van der Waals surface area (Å²) in [6, 6.07) is 3.46. The van der Waals surface area contributed by atoms with Crippen LogP contribution in [0, 0.1) is 26.6 Å². The summed E-state index contributed by atoms with van der Waals surface area (Å²) < 4.78 is 16.2. The van der Waals surface area contributed by atoms with Crippen LogP contribution in [0.25, 0.3) is 0 Å². The predicted molar refractivity (Wildman–Crippen MR) is 79.3 cm³/mol. The largest absolute Gasteiger partial charge is 0.306 e. The monoisotopic (exact) mass is 275 g/mol. The lowest BCUT2D eigenvalue weighted by Crippen LogP contribution is -2.24. The molecule has 2 rings (SSSR count). The molecule has 1 aromatic carbocycles. The summed E-state index contributed by atoms with van der Waals surface area (Å²) in [5, 5.41) is 7.75. The van der Waals surface area contributed by atoms with Gasteiger partial charge in [0.2, 0.25) is 0 Å². The average Bonchev–Trinajstić information content (AvgIpc) is 2.66. The Morgan fingerprint density at radius 1 is 1.30 bits per heavy atom. The molecule has 0 bridgehead atoms. The van der Waals surface area contributed by atoms with Gasteiger partial charge in [0, 0.05) is 24.4 Å². The number of nitrogens with zero attached hydrogens (tertiary/aromatic N) is 2. The van der Waals surface area contributed by atoms with Gasteiger partial charge in [0.25, 0.3) is 0 Å². The van der Waals surface area contributed by atoms with Crippen molar-refractivity contribution in [3.63, 3.8) is 0 Å². The predicted octanol–water partition coefficient (Wildman–Crippen LogP) is 3.18. The van der Waals surface area contributed by atoms with Gasteiger partial charge in [0.05, 0.1) is 11.7 Å². The van der Waals surface area contributed by atoms with Crippen LogP contribution >= 0.6 is 0 Å². The SMILES string of the molecule is CCNC(c1cn(C)nc1C)c1c(C)cc(C)cc1F. The third-order valence-electron chi connectivity index (χ3n) is 3.54. The number of hydrogen-bond acceptors (Lipinski definition) is 2. The number of rotatable bonds is 4. The lowest BCUT2D eigenvalue weighted by atomic mass is 9.93. The Bertz CT molecular complexity index is 593. The van der Waals surface area contributed by atoms with E-state index in [1.54, 1.807) is 10.7 Å². The molecular weight excluding hydrogens is 253 g/mol. The Balaban J connectivity index is 2.57. The van der Waals surface area contributed by atoms with E-state index in [0.717, 1.165) is 28.9 Å². The molecule has 1 N–H and O–H groups in total. The zero-order valence-corrected chi connectivity index (χ0v) is 12.8. The molecular formula is C16H22FN3. The van der Waals surface area contributed by atoms with Gasteiger partial charge in [0.15, 0.2) is 0 Å². The van der Waals surface area contributed by atoms with Crippen LogP contribution in [-0.2, 0) is 7.05 Å². The third kappa shape index (κ3) is 2.75. The molecule has 0 aliphatic carbocycles. The summed E-state index contributed by atoms with van der Waals surface area (Å²) in [5.74, 6) is -0.156. The van der Waals surface area contributed by atoms with E-state index in [2.05, 4.69) is 10.4 Å². The Hall–Kier alpha value is -1.68. The number of aromatic nitrogens is 2. The first-order chi connectivity index (χ1) is 9.43. The molecule has 0 spiro atoms. The lowest BCUT2D eigenvalue weighted by molar-refractivity contribution is 0.554. The number of benzene rings is 1. The summed E-state index contributed by atoms with van der Waals surface area (Å²) in [6.07, 6.45) is 1.96. The van der Waals surface area contributed by atoms with Crippen LogP contribution in [-0.4, -0.2) is 16.3 Å². The first kappa shape index (κ1) is 14.7. The van der Waals surface area contributed by atoms with E-state index in [0.29, 0.717) is 5.56 Å². The van der Waals surface area contributed by atoms with E-state index in [-0.39, 0.29) is 11.9 Å². The second-order valence-corrected chi connectivity index (χ2v) is 5.31. The number of aryl methyl sites for hydroxylation is 4. The average molecular weight is 275 g/mol. The summed E-state index contributed by atoms with van der Waals surface area (Å²) in [6.45, 7) is 8.63. The van der Waals surface area contributed by atoms with E-state index in [1.807, 2.05) is 47.0 Å². The molecule has 0 fully saturated rings. The standard InChI is InChI=1S/C16H22FN3/c1-6-18-16(13-9-20(5)19-12(13)4)15-11(3)7-10(2)8-14(15)17/h7-9,16,18H,6H2,1-5H3. The van der Waals surface area contributed by atoms with Gasteiger partial charge in [-0.3, -0.25) is 4.68 Å². The van der Waals surface area contributed by atoms with E-state index >= 15 is 0 Å². The molecule has 0 aliphatic rings. The Labute approximate surface area is 119 Å². The van der Waals surface area contributed by atoms with Crippen molar-refractivity contribution in [1.29, 1.82) is 0 Å². The molecule has 0 radical (unpaired) electrons. The van der Waals surface area contributed by atoms with Crippen molar-refractivity contribution in [2.24, 2.45) is 7.05 Å². The van der Waals surface area contributed by atoms with Crippen molar-refractivity contribution in [2.45, 2.75) is 33.7 Å². The molecule has 0 saturated carbocycles. The van der Waals surface area contributed by atoms with Crippen LogP contribution in [0.15, 0.2) is 18.3 Å². The summed E-state index contributed by atoms with van der Waals surface area (Å²) in [5.41, 5.74) is 4.59. The highest BCUT2D eigenvalue weighted by molar-refractivity contribution is 5.40. The van der Waals surface area contributed by atoms with Gasteiger partial charge < -0.3 is 5.32 Å². The molecule has 2 aromatic rings. The minimum Gasteiger partial charge on any atom is -0.306 e. The van der Waals surface area contributed by atoms with Crippen LogP contribution in [0.3, 0.4) is 0 Å². The second kappa shape index (κ2) is 5.75. The van der Waals surface area contributed by atoms with Crippen LogP contribution < -0.4 is 5.32 Å². The zero-order chi connectivity index (χ0) is 14.9. The molecule has 0 saturated heterocycles. The summed E-state index contributed by atoms with van der Waals surface area (Å²) >= 11 is 0. The van der Waals surface area contributed by atoms with E-state index < -0.39 is 0 Å². The molecule has 1 unspecified atom stereocenters. The smallest absolute Gasteiger partial charge is 0.128 e. The molecule has 1 atom stereocenters. The molecule has 3 nitrogen and oxygen atoms in total. The van der Waals surface area contributed by atoms with E-state index in [1.165, 1.54) is 0 Å². The highest BCUT2D eigenvalue weighted by Gasteiger charge is 2.22. The fourth-order valence-corrected chi connectivity index (χ4v) is 2.77. The third-order valence-corrected chi connectivity index (χ3v) is 3.54. The number of nitrogens with one attached hydrogen (secondary N) is 1. The Morgan fingerprint density at radius 2 is 2.00 bits per heavy atom. The molecule has 20 heavy (non-hydrogen) atoms. The maximum absolute atomic E-state index is 14.4. The number of hydrogen-bond donors (Lipinski definition) is 1. The summed E-state index contributed by atoms with van der Waals surface area (Å²) in [4.78, 5) is 0. The highest BCUT2D eigenvalue weighted by atomic mass is 19.1. The van der Waals surface area contributed by atoms with Gasteiger partial charge in [-0.15, -0.1) is 0 Å². The van der Waals surface area contributed by atoms with Gasteiger partial charge >= 0.3 is 0 Å². The molecule has 108 valence electrons. The first-order valence-electron chi connectivity index (χ1n) is 6.94. The van der Waals surface area contributed by atoms with E-state index in [9.17, 15) is 4.39 Å². The van der Waals surface area contributed by atoms with Gasteiger partial charge in [-0.25, -0.2) is 4.39 Å². The molecule has 0 amide bonds. The van der Waals surface area contributed by atoms with Crippen LogP contribution in [0.1, 0.15) is 40.9 Å². The minimum atomic E-state index is -0.158. The maximum atomic E-state index is 14.4. The second-order valence-electron chi connectivity index (χ2n) is 5.31. The van der Waals surface area contributed by atoms with Gasteiger partial charge in [-0.2, -0.15) is 5.10 Å². The first-order valence-corrected chi connectivity index (χ1v) is 6.94. The van der Waals surface area contributed by atoms with Crippen molar-refractivity contribution >= 4 is 0 Å². The topological polar surface area (TPSA) is 29.9 Å². The van der Waals surface area contributed by atoms with Crippen molar-refractivity contribution in [3.8, 4) is 0 Å². The van der Waals surface area contributed by atoms with Crippen molar-refractivity contribution in [2.75, 3.05) is 6.54 Å². The van der Waals surface area contributed by atoms with Crippen LogP contribution in [0.5, 0.6) is 0 Å². The van der Waals surface area contributed by atoms with Gasteiger partial charge in [-0.1, -0.05) is 13.0 Å².